The lowest BCUT2D eigenvalue weighted by Crippen LogP contribution is -2.03. The molecule has 3 rings (SSSR count). The van der Waals surface area contributed by atoms with Gasteiger partial charge in [-0.15, -0.1) is 0 Å². The van der Waals surface area contributed by atoms with Crippen LogP contribution in [0, 0.1) is 0 Å². The molecule has 0 bridgehead atoms. The zero-order valence-electron chi connectivity index (χ0n) is 11.7. The summed E-state index contributed by atoms with van der Waals surface area (Å²) < 4.78 is 5.22. The fraction of sp³-hybridized carbons (Fsp3) is 0.125. The predicted octanol–water partition coefficient (Wildman–Crippen LogP) is 3.10. The van der Waals surface area contributed by atoms with E-state index in [-0.39, 0.29) is 5.95 Å². The Morgan fingerprint density at radius 3 is 2.67 bits per heavy atom. The first-order valence-electron chi connectivity index (χ1n) is 6.64. The summed E-state index contributed by atoms with van der Waals surface area (Å²) in [6, 6.07) is 15.7. The summed E-state index contributed by atoms with van der Waals surface area (Å²) in [6.45, 7) is 0.529. The van der Waals surface area contributed by atoms with Gasteiger partial charge in [0.2, 0.25) is 5.95 Å². The average molecular weight is 280 g/mol. The highest BCUT2D eigenvalue weighted by Crippen LogP contribution is 2.26. The van der Waals surface area contributed by atoms with Gasteiger partial charge in [0.25, 0.3) is 0 Å². The largest absolute Gasteiger partial charge is 0.380 e. The topological polar surface area (TPSA) is 73.1 Å². The molecule has 0 aliphatic rings. The number of nitrogen functional groups attached to an aromatic ring is 1. The highest BCUT2D eigenvalue weighted by atomic mass is 16.5. The molecule has 0 amide bonds. The lowest BCUT2D eigenvalue weighted by atomic mass is 10.1. The summed E-state index contributed by atoms with van der Waals surface area (Å²) >= 11 is 0. The molecule has 0 saturated carbocycles. The first kappa shape index (κ1) is 13.3. The summed E-state index contributed by atoms with van der Waals surface area (Å²) in [4.78, 5) is 8.55. The molecular weight excluding hydrogens is 264 g/mol. The summed E-state index contributed by atoms with van der Waals surface area (Å²) in [5.74, 6) is 0.946. The lowest BCUT2D eigenvalue weighted by molar-refractivity contribution is 0.185. The van der Waals surface area contributed by atoms with E-state index in [2.05, 4.69) is 15.3 Å². The smallest absolute Gasteiger partial charge is 0.222 e. The maximum absolute atomic E-state index is 5.79. The third kappa shape index (κ3) is 2.78. The average Bonchev–Trinajstić information content (AvgIpc) is 2.49. The molecule has 0 unspecified atom stereocenters. The third-order valence-corrected chi connectivity index (χ3v) is 3.19. The van der Waals surface area contributed by atoms with Crippen molar-refractivity contribution in [2.24, 2.45) is 0 Å². The van der Waals surface area contributed by atoms with Gasteiger partial charge in [-0.2, -0.15) is 4.98 Å². The van der Waals surface area contributed by atoms with Gasteiger partial charge in [0, 0.05) is 23.7 Å². The van der Waals surface area contributed by atoms with Crippen LogP contribution < -0.4 is 11.1 Å². The van der Waals surface area contributed by atoms with Crippen molar-refractivity contribution >= 4 is 28.4 Å². The number of methoxy groups -OCH3 is 1. The number of nitrogens with two attached hydrogens (primary N) is 1. The SMILES string of the molecule is COCc1ccccc1Nc1nc(N)nc2ccccc12. The number of aromatic nitrogens is 2. The monoisotopic (exact) mass is 280 g/mol. The van der Waals surface area contributed by atoms with Gasteiger partial charge >= 0.3 is 0 Å². The highest BCUT2D eigenvalue weighted by Gasteiger charge is 2.08. The van der Waals surface area contributed by atoms with Gasteiger partial charge in [-0.05, 0) is 18.2 Å². The first-order valence-corrected chi connectivity index (χ1v) is 6.64. The van der Waals surface area contributed by atoms with E-state index in [1.54, 1.807) is 7.11 Å². The van der Waals surface area contributed by atoms with Gasteiger partial charge in [-0.3, -0.25) is 0 Å². The molecule has 0 atom stereocenters. The third-order valence-electron chi connectivity index (χ3n) is 3.19. The second-order valence-corrected chi connectivity index (χ2v) is 4.66. The minimum atomic E-state index is 0.250. The molecule has 3 aromatic rings. The van der Waals surface area contributed by atoms with Gasteiger partial charge in [0.15, 0.2) is 0 Å². The molecule has 0 fully saturated rings. The van der Waals surface area contributed by atoms with Crippen LogP contribution in [0.2, 0.25) is 0 Å². The van der Waals surface area contributed by atoms with E-state index < -0.39 is 0 Å². The van der Waals surface area contributed by atoms with Gasteiger partial charge < -0.3 is 15.8 Å². The Labute approximate surface area is 122 Å². The normalized spacial score (nSPS) is 10.7. The summed E-state index contributed by atoms with van der Waals surface area (Å²) in [6.07, 6.45) is 0. The van der Waals surface area contributed by atoms with Crippen LogP contribution in [0.25, 0.3) is 10.9 Å². The van der Waals surface area contributed by atoms with E-state index in [4.69, 9.17) is 10.5 Å². The number of nitrogens with zero attached hydrogens (tertiary/aromatic N) is 2. The van der Waals surface area contributed by atoms with E-state index in [0.29, 0.717) is 12.4 Å². The van der Waals surface area contributed by atoms with Crippen LogP contribution in [0.1, 0.15) is 5.56 Å². The lowest BCUT2D eigenvalue weighted by Gasteiger charge is -2.13. The molecule has 0 saturated heterocycles. The molecular formula is C16H16N4O. The number of para-hydroxylation sites is 2. The molecule has 5 nitrogen and oxygen atoms in total. The zero-order chi connectivity index (χ0) is 14.7. The van der Waals surface area contributed by atoms with Crippen molar-refractivity contribution in [3.8, 4) is 0 Å². The highest BCUT2D eigenvalue weighted by molar-refractivity contribution is 5.91. The molecule has 0 aliphatic carbocycles. The van der Waals surface area contributed by atoms with Crippen LogP contribution in [0.5, 0.6) is 0 Å². The van der Waals surface area contributed by atoms with Crippen LogP contribution >= 0.6 is 0 Å². The van der Waals surface area contributed by atoms with Crippen LogP contribution in [-0.2, 0) is 11.3 Å². The number of ether oxygens (including phenoxy) is 1. The molecule has 1 heterocycles. The number of fused-ring (bicyclic) bond motifs is 1. The maximum Gasteiger partial charge on any atom is 0.222 e. The van der Waals surface area contributed by atoms with Crippen molar-refractivity contribution in [2.75, 3.05) is 18.2 Å². The molecule has 1 aromatic heterocycles. The van der Waals surface area contributed by atoms with Crippen LogP contribution in [-0.4, -0.2) is 17.1 Å². The van der Waals surface area contributed by atoms with Gasteiger partial charge in [-0.25, -0.2) is 4.98 Å². The fourth-order valence-electron chi connectivity index (χ4n) is 2.24. The Kier molecular flexibility index (Phi) is 3.66. The molecule has 0 radical (unpaired) electrons. The Bertz CT molecular complexity index is 773. The molecule has 21 heavy (non-hydrogen) atoms. The predicted molar refractivity (Wildman–Crippen MR) is 84.4 cm³/mol. The molecule has 5 heteroatoms. The number of benzene rings is 2. The molecule has 2 aromatic carbocycles. The van der Waals surface area contributed by atoms with E-state index in [0.717, 1.165) is 22.2 Å². The molecule has 0 aliphatic heterocycles. The summed E-state index contributed by atoms with van der Waals surface area (Å²) in [7, 11) is 1.68. The van der Waals surface area contributed by atoms with Crippen molar-refractivity contribution in [3.63, 3.8) is 0 Å². The van der Waals surface area contributed by atoms with Crippen molar-refractivity contribution in [2.45, 2.75) is 6.61 Å². The molecule has 0 spiro atoms. The Morgan fingerprint density at radius 1 is 1.05 bits per heavy atom. The Morgan fingerprint density at radius 2 is 1.81 bits per heavy atom. The van der Waals surface area contributed by atoms with Crippen LogP contribution in [0.15, 0.2) is 48.5 Å². The minimum absolute atomic E-state index is 0.250. The fourth-order valence-corrected chi connectivity index (χ4v) is 2.24. The Balaban J connectivity index is 2.06. The van der Waals surface area contributed by atoms with E-state index >= 15 is 0 Å². The van der Waals surface area contributed by atoms with Gasteiger partial charge in [-0.1, -0.05) is 30.3 Å². The van der Waals surface area contributed by atoms with Crippen molar-refractivity contribution in [1.29, 1.82) is 0 Å². The van der Waals surface area contributed by atoms with Gasteiger partial charge in [0.05, 0.1) is 12.1 Å². The standard InChI is InChI=1S/C16H16N4O/c1-21-10-11-6-2-4-8-13(11)18-15-12-7-3-5-9-14(12)19-16(17)20-15/h2-9H,10H2,1H3,(H3,17,18,19,20). The van der Waals surface area contributed by atoms with Crippen LogP contribution in [0.4, 0.5) is 17.5 Å². The zero-order valence-corrected chi connectivity index (χ0v) is 11.7. The number of hydrogen-bond acceptors (Lipinski definition) is 5. The number of nitrogens with one attached hydrogen (secondary N) is 1. The summed E-state index contributed by atoms with van der Waals surface area (Å²) in [5, 5.41) is 4.26. The van der Waals surface area contributed by atoms with Gasteiger partial charge in [0.1, 0.15) is 5.82 Å². The van der Waals surface area contributed by atoms with E-state index in [1.165, 1.54) is 0 Å². The second-order valence-electron chi connectivity index (χ2n) is 4.66. The van der Waals surface area contributed by atoms with Crippen molar-refractivity contribution < 1.29 is 4.74 Å². The second kappa shape index (κ2) is 5.76. The van der Waals surface area contributed by atoms with Crippen LogP contribution in [0.3, 0.4) is 0 Å². The first-order chi connectivity index (χ1) is 10.3. The van der Waals surface area contributed by atoms with E-state index in [9.17, 15) is 0 Å². The number of rotatable bonds is 4. The van der Waals surface area contributed by atoms with Crippen molar-refractivity contribution in [3.05, 3.63) is 54.1 Å². The maximum atomic E-state index is 5.79. The quantitative estimate of drug-likeness (QED) is 0.768. The minimum Gasteiger partial charge on any atom is -0.380 e. The number of hydrogen-bond donors (Lipinski definition) is 2. The Hall–Kier alpha value is -2.66. The molecule has 3 N–H and O–H groups in total. The van der Waals surface area contributed by atoms with Crippen molar-refractivity contribution in [1.82, 2.24) is 9.97 Å². The van der Waals surface area contributed by atoms with E-state index in [1.807, 2.05) is 48.5 Å². The summed E-state index contributed by atoms with van der Waals surface area (Å²) in [5.41, 5.74) is 8.61. The molecule has 106 valence electrons. The number of anilines is 3.